The second-order valence-corrected chi connectivity index (χ2v) is 9.18. The predicted molar refractivity (Wildman–Crippen MR) is 138 cm³/mol. The average Bonchev–Trinajstić information content (AvgIpc) is 2.89. The molecular formula is C27H28F3N5O4. The Kier molecular flexibility index (Phi) is 8.05. The number of nitrogens with zero attached hydrogens (tertiary/aromatic N) is 4. The lowest BCUT2D eigenvalue weighted by Gasteiger charge is -2.30. The summed E-state index contributed by atoms with van der Waals surface area (Å²) in [4.78, 5) is 16.6. The first kappa shape index (κ1) is 27.8. The average molecular weight is 544 g/mol. The van der Waals surface area contributed by atoms with Crippen molar-refractivity contribution < 1.29 is 32.5 Å². The van der Waals surface area contributed by atoms with Crippen molar-refractivity contribution in [3.8, 4) is 17.2 Å². The number of ether oxygens (including phenoxy) is 3. The van der Waals surface area contributed by atoms with Crippen molar-refractivity contribution in [3.05, 3.63) is 71.8 Å². The molecule has 0 spiro atoms. The third-order valence-electron chi connectivity index (χ3n) is 5.87. The van der Waals surface area contributed by atoms with E-state index >= 15 is 4.39 Å². The Balaban J connectivity index is 1.57. The molecule has 0 aliphatic carbocycles. The lowest BCUT2D eigenvalue weighted by atomic mass is 9.92. The van der Waals surface area contributed by atoms with Crippen LogP contribution in [0.4, 0.5) is 19.0 Å². The number of hydrogen-bond acceptors (Lipinski definition) is 9. The van der Waals surface area contributed by atoms with Crippen molar-refractivity contribution in [1.82, 2.24) is 19.9 Å². The molecule has 0 aliphatic rings. The van der Waals surface area contributed by atoms with E-state index in [1.807, 2.05) is 0 Å². The third-order valence-corrected chi connectivity index (χ3v) is 5.87. The smallest absolute Gasteiger partial charge is 0.303 e. The first-order chi connectivity index (χ1) is 18.5. The molecule has 12 heteroatoms. The van der Waals surface area contributed by atoms with Crippen molar-refractivity contribution in [2.45, 2.75) is 38.8 Å². The number of aliphatic hydroxyl groups is 1. The van der Waals surface area contributed by atoms with Gasteiger partial charge in [0.15, 0.2) is 17.2 Å². The van der Waals surface area contributed by atoms with E-state index in [1.54, 1.807) is 19.1 Å². The lowest BCUT2D eigenvalue weighted by Crippen LogP contribution is -2.41. The Morgan fingerprint density at radius 2 is 1.72 bits per heavy atom. The molecule has 0 atom stereocenters. The van der Waals surface area contributed by atoms with Crippen molar-refractivity contribution >= 4 is 16.7 Å². The summed E-state index contributed by atoms with van der Waals surface area (Å²) in [5.74, 6) is -2.80. The fourth-order valence-electron chi connectivity index (χ4n) is 3.80. The monoisotopic (exact) mass is 543 g/mol. The number of alkyl halides is 2. The van der Waals surface area contributed by atoms with Gasteiger partial charge in [0, 0.05) is 23.6 Å². The van der Waals surface area contributed by atoms with Gasteiger partial charge in [-0.2, -0.15) is 8.78 Å². The molecule has 0 radical (unpaired) electrons. The van der Waals surface area contributed by atoms with Crippen LogP contribution in [-0.4, -0.2) is 51.0 Å². The summed E-state index contributed by atoms with van der Waals surface area (Å²) in [6.07, 6.45) is 4.46. The Hall–Kier alpha value is -4.19. The molecular weight excluding hydrogens is 515 g/mol. The van der Waals surface area contributed by atoms with E-state index in [9.17, 15) is 13.9 Å². The van der Waals surface area contributed by atoms with Crippen LogP contribution >= 0.6 is 0 Å². The molecule has 0 aliphatic heterocycles. The number of aromatic nitrogens is 4. The fraction of sp³-hybridized carbons (Fsp3) is 0.333. The minimum atomic E-state index is -3.80. The van der Waals surface area contributed by atoms with Gasteiger partial charge in [-0.3, -0.25) is 0 Å². The van der Waals surface area contributed by atoms with E-state index in [0.717, 1.165) is 19.9 Å². The van der Waals surface area contributed by atoms with Gasteiger partial charge in [-0.05, 0) is 32.9 Å². The Morgan fingerprint density at radius 3 is 2.41 bits per heavy atom. The number of methoxy groups -OCH3 is 1. The summed E-state index contributed by atoms with van der Waals surface area (Å²) in [5, 5.41) is 13.5. The quantitative estimate of drug-likeness (QED) is 0.258. The fourth-order valence-corrected chi connectivity index (χ4v) is 3.80. The number of anilines is 1. The lowest BCUT2D eigenvalue weighted by molar-refractivity contribution is -0.170. The zero-order valence-corrected chi connectivity index (χ0v) is 21.8. The highest BCUT2D eigenvalue weighted by atomic mass is 19.3. The SMILES string of the molecule is COc1cc2nc(C)nc(NCc3cccc(C(F)(F)C(C)(C)O)c3F)c2cc1OCCOc1cncnc1. The Morgan fingerprint density at radius 1 is 1.00 bits per heavy atom. The standard InChI is InChI=1S/C27H28F3N5O4/c1-16-34-21-11-22(37-4)23(39-9-8-38-18-13-31-15-32-14-18)10-19(21)25(35-16)33-12-17-6-5-7-20(24(17)28)27(29,30)26(2,3)36/h5-7,10-11,13-15,36H,8-9,12H2,1-4H3,(H,33,34,35). The molecule has 0 saturated carbocycles. The highest BCUT2D eigenvalue weighted by Gasteiger charge is 2.48. The van der Waals surface area contributed by atoms with Crippen LogP contribution in [0.3, 0.4) is 0 Å². The number of fused-ring (bicyclic) bond motifs is 1. The van der Waals surface area contributed by atoms with Crippen molar-refractivity contribution in [2.75, 3.05) is 25.6 Å². The molecule has 9 nitrogen and oxygen atoms in total. The van der Waals surface area contributed by atoms with Crippen LogP contribution in [0.1, 0.15) is 30.8 Å². The van der Waals surface area contributed by atoms with Crippen molar-refractivity contribution in [1.29, 1.82) is 0 Å². The molecule has 0 fully saturated rings. The molecule has 2 N–H and O–H groups in total. The predicted octanol–water partition coefficient (Wildman–Crippen LogP) is 4.81. The maximum atomic E-state index is 15.1. The van der Waals surface area contributed by atoms with Crippen LogP contribution in [0.5, 0.6) is 17.2 Å². The first-order valence-electron chi connectivity index (χ1n) is 12.0. The van der Waals surface area contributed by atoms with Gasteiger partial charge in [-0.1, -0.05) is 12.1 Å². The van der Waals surface area contributed by atoms with Gasteiger partial charge in [0.25, 0.3) is 0 Å². The number of aryl methyl sites for hydroxylation is 1. The summed E-state index contributed by atoms with van der Waals surface area (Å²) in [6, 6.07) is 7.03. The minimum absolute atomic E-state index is 0.0205. The molecule has 2 aromatic heterocycles. The molecule has 4 aromatic rings. The van der Waals surface area contributed by atoms with E-state index in [2.05, 4.69) is 25.3 Å². The van der Waals surface area contributed by atoms with E-state index in [0.29, 0.717) is 39.8 Å². The topological polar surface area (TPSA) is 112 Å². The highest BCUT2D eigenvalue weighted by molar-refractivity contribution is 5.91. The maximum absolute atomic E-state index is 15.1. The zero-order valence-electron chi connectivity index (χ0n) is 21.8. The normalized spacial score (nSPS) is 11.9. The van der Waals surface area contributed by atoms with Gasteiger partial charge in [0.1, 0.15) is 42.6 Å². The zero-order chi connectivity index (χ0) is 28.2. The van der Waals surface area contributed by atoms with Gasteiger partial charge in [-0.15, -0.1) is 0 Å². The maximum Gasteiger partial charge on any atom is 0.303 e. The summed E-state index contributed by atoms with van der Waals surface area (Å²) in [7, 11) is 1.50. The molecule has 206 valence electrons. The van der Waals surface area contributed by atoms with E-state index in [-0.39, 0.29) is 25.3 Å². The van der Waals surface area contributed by atoms with Crippen LogP contribution in [-0.2, 0) is 12.5 Å². The third kappa shape index (κ3) is 6.11. The number of halogens is 3. The number of nitrogens with one attached hydrogen (secondary N) is 1. The van der Waals surface area contributed by atoms with Gasteiger partial charge in [0.05, 0.1) is 30.6 Å². The number of rotatable bonds is 11. The van der Waals surface area contributed by atoms with Gasteiger partial charge in [0.2, 0.25) is 0 Å². The molecule has 39 heavy (non-hydrogen) atoms. The summed E-state index contributed by atoms with van der Waals surface area (Å²) >= 11 is 0. The number of hydrogen-bond donors (Lipinski definition) is 2. The Bertz CT molecular complexity index is 1450. The Labute approximate surface area is 223 Å². The van der Waals surface area contributed by atoms with Crippen LogP contribution in [0.2, 0.25) is 0 Å². The van der Waals surface area contributed by atoms with E-state index < -0.39 is 22.9 Å². The van der Waals surface area contributed by atoms with Crippen LogP contribution in [0.25, 0.3) is 10.9 Å². The van der Waals surface area contributed by atoms with Gasteiger partial charge >= 0.3 is 5.92 Å². The van der Waals surface area contributed by atoms with Crippen LogP contribution in [0, 0.1) is 12.7 Å². The van der Waals surface area contributed by atoms with Crippen LogP contribution < -0.4 is 19.5 Å². The van der Waals surface area contributed by atoms with Gasteiger partial charge < -0.3 is 24.6 Å². The molecule has 0 amide bonds. The molecule has 2 aromatic carbocycles. The van der Waals surface area contributed by atoms with Crippen LogP contribution in [0.15, 0.2) is 49.1 Å². The molecule has 0 unspecified atom stereocenters. The van der Waals surface area contributed by atoms with Crippen molar-refractivity contribution in [2.24, 2.45) is 0 Å². The number of benzene rings is 2. The second-order valence-electron chi connectivity index (χ2n) is 9.18. The largest absolute Gasteiger partial charge is 0.493 e. The molecule has 2 heterocycles. The summed E-state index contributed by atoms with van der Waals surface area (Å²) in [5.41, 5.74) is -2.82. The molecule has 0 saturated heterocycles. The summed E-state index contributed by atoms with van der Waals surface area (Å²) in [6.45, 7) is 3.81. The van der Waals surface area contributed by atoms with E-state index in [1.165, 1.54) is 38.0 Å². The highest BCUT2D eigenvalue weighted by Crippen LogP contribution is 2.40. The minimum Gasteiger partial charge on any atom is -0.493 e. The van der Waals surface area contributed by atoms with E-state index in [4.69, 9.17) is 14.2 Å². The first-order valence-corrected chi connectivity index (χ1v) is 12.0. The van der Waals surface area contributed by atoms with Crippen molar-refractivity contribution in [3.63, 3.8) is 0 Å². The summed E-state index contributed by atoms with van der Waals surface area (Å²) < 4.78 is 61.4. The van der Waals surface area contributed by atoms with Gasteiger partial charge in [-0.25, -0.2) is 24.3 Å². The molecule has 0 bridgehead atoms. The molecule has 4 rings (SSSR count). The second kappa shape index (κ2) is 11.3.